The van der Waals surface area contributed by atoms with Gasteiger partial charge in [-0.05, 0) is 78.4 Å². The van der Waals surface area contributed by atoms with Gasteiger partial charge >= 0.3 is 5.97 Å². The molecule has 28 heavy (non-hydrogen) atoms. The summed E-state index contributed by atoms with van der Waals surface area (Å²) >= 11 is 2.11. The Bertz CT molecular complexity index is 974. The number of carbonyl (C=O) groups is 2. The van der Waals surface area contributed by atoms with Gasteiger partial charge in [0.25, 0.3) is 0 Å². The van der Waals surface area contributed by atoms with Crippen molar-refractivity contribution in [3.05, 3.63) is 57.2 Å². The van der Waals surface area contributed by atoms with Crippen molar-refractivity contribution in [2.24, 2.45) is 0 Å². The summed E-state index contributed by atoms with van der Waals surface area (Å²) < 4.78 is 31.3. The van der Waals surface area contributed by atoms with Gasteiger partial charge in [-0.25, -0.2) is 13.2 Å². The number of halogens is 1. The lowest BCUT2D eigenvalue weighted by Gasteiger charge is -2.22. The number of esters is 1. The van der Waals surface area contributed by atoms with Crippen molar-refractivity contribution < 1.29 is 22.7 Å². The second-order valence-corrected chi connectivity index (χ2v) is 9.20. The van der Waals surface area contributed by atoms with Gasteiger partial charge in [0.15, 0.2) is 0 Å². The fraction of sp³-hybridized carbons (Fsp3) is 0.263. The first kappa shape index (κ1) is 22.2. The van der Waals surface area contributed by atoms with E-state index in [0.29, 0.717) is 16.9 Å². The second kappa shape index (κ2) is 9.37. The van der Waals surface area contributed by atoms with E-state index in [1.165, 1.54) is 6.07 Å². The molecule has 7 nitrogen and oxygen atoms in total. The van der Waals surface area contributed by atoms with Gasteiger partial charge in [-0.15, -0.1) is 0 Å². The maximum Gasteiger partial charge on any atom is 0.338 e. The zero-order chi connectivity index (χ0) is 20.9. The van der Waals surface area contributed by atoms with Crippen molar-refractivity contribution in [1.29, 1.82) is 0 Å². The molecule has 9 heteroatoms. The summed E-state index contributed by atoms with van der Waals surface area (Å²) in [6.07, 6.45) is 1.05. The number of hydrogen-bond acceptors (Lipinski definition) is 5. The first-order valence-corrected chi connectivity index (χ1v) is 11.4. The van der Waals surface area contributed by atoms with Crippen molar-refractivity contribution in [1.82, 2.24) is 0 Å². The van der Waals surface area contributed by atoms with Crippen LogP contribution in [-0.4, -0.2) is 39.7 Å². The Morgan fingerprint density at radius 3 is 2.36 bits per heavy atom. The van der Waals surface area contributed by atoms with Gasteiger partial charge in [-0.1, -0.05) is 6.07 Å². The summed E-state index contributed by atoms with van der Waals surface area (Å²) in [5.74, 6) is -1.01. The standard InChI is InChI=1S/C19H21IN2O5S/c1-4-27-19(24)14-6-5-13(2)17(11-14)21-18(23)12-22(28(3,25)26)16-9-7-15(20)8-10-16/h5-11H,4,12H2,1-3H3,(H,21,23). The molecule has 1 amide bonds. The average molecular weight is 516 g/mol. The number of anilines is 2. The normalized spacial score (nSPS) is 11.0. The second-order valence-electron chi connectivity index (χ2n) is 6.04. The number of nitrogens with one attached hydrogen (secondary N) is 1. The summed E-state index contributed by atoms with van der Waals surface area (Å²) in [7, 11) is -3.66. The molecule has 0 aliphatic rings. The summed E-state index contributed by atoms with van der Waals surface area (Å²) in [6.45, 7) is 3.34. The monoisotopic (exact) mass is 516 g/mol. The van der Waals surface area contributed by atoms with E-state index in [2.05, 4.69) is 27.9 Å². The van der Waals surface area contributed by atoms with Crippen molar-refractivity contribution in [2.45, 2.75) is 13.8 Å². The molecule has 0 aliphatic heterocycles. The molecule has 2 aromatic rings. The molecule has 1 N–H and O–H groups in total. The van der Waals surface area contributed by atoms with Crippen LogP contribution in [0.1, 0.15) is 22.8 Å². The summed E-state index contributed by atoms with van der Waals surface area (Å²) in [4.78, 5) is 24.4. The highest BCUT2D eigenvalue weighted by atomic mass is 127. The number of ether oxygens (including phenoxy) is 1. The molecule has 0 saturated carbocycles. The van der Waals surface area contributed by atoms with Crippen LogP contribution in [0.3, 0.4) is 0 Å². The highest BCUT2D eigenvalue weighted by Crippen LogP contribution is 2.21. The molecule has 0 saturated heterocycles. The molecule has 0 fully saturated rings. The minimum Gasteiger partial charge on any atom is -0.462 e. The Morgan fingerprint density at radius 1 is 1.14 bits per heavy atom. The third-order valence-corrected chi connectivity index (χ3v) is 5.68. The van der Waals surface area contributed by atoms with Gasteiger partial charge in [0.2, 0.25) is 15.9 Å². The molecule has 0 aliphatic carbocycles. The molecule has 2 rings (SSSR count). The third kappa shape index (κ3) is 5.93. The lowest BCUT2D eigenvalue weighted by Crippen LogP contribution is -2.37. The fourth-order valence-corrected chi connectivity index (χ4v) is 3.64. The molecule has 0 spiro atoms. The van der Waals surface area contributed by atoms with Crippen LogP contribution in [0.25, 0.3) is 0 Å². The number of rotatable bonds is 7. The highest BCUT2D eigenvalue weighted by Gasteiger charge is 2.21. The van der Waals surface area contributed by atoms with Crippen LogP contribution >= 0.6 is 22.6 Å². The average Bonchev–Trinajstić information content (AvgIpc) is 2.62. The van der Waals surface area contributed by atoms with E-state index < -0.39 is 21.9 Å². The van der Waals surface area contributed by atoms with Gasteiger partial charge in [-0.2, -0.15) is 0 Å². The Morgan fingerprint density at radius 2 is 1.79 bits per heavy atom. The Kier molecular flexibility index (Phi) is 7.41. The number of sulfonamides is 1. The van der Waals surface area contributed by atoms with Crippen LogP contribution in [0.4, 0.5) is 11.4 Å². The number of benzene rings is 2. The van der Waals surface area contributed by atoms with Crippen LogP contribution < -0.4 is 9.62 Å². The Hall–Kier alpha value is -2.14. The summed E-state index contributed by atoms with van der Waals surface area (Å²) in [6, 6.07) is 11.6. The van der Waals surface area contributed by atoms with E-state index in [9.17, 15) is 18.0 Å². The van der Waals surface area contributed by atoms with E-state index in [1.807, 2.05) is 0 Å². The van der Waals surface area contributed by atoms with E-state index >= 15 is 0 Å². The molecule has 0 bridgehead atoms. The number of amides is 1. The zero-order valence-corrected chi connectivity index (χ0v) is 18.7. The van der Waals surface area contributed by atoms with E-state index in [4.69, 9.17) is 4.74 Å². The third-order valence-electron chi connectivity index (χ3n) is 3.82. The topological polar surface area (TPSA) is 92.8 Å². The molecular weight excluding hydrogens is 495 g/mol. The van der Waals surface area contributed by atoms with Crippen LogP contribution in [0.15, 0.2) is 42.5 Å². The van der Waals surface area contributed by atoms with Crippen LogP contribution in [0.2, 0.25) is 0 Å². The molecule has 2 aromatic carbocycles. The van der Waals surface area contributed by atoms with Gasteiger partial charge < -0.3 is 10.1 Å². The first-order valence-electron chi connectivity index (χ1n) is 8.42. The minimum atomic E-state index is -3.66. The minimum absolute atomic E-state index is 0.244. The Labute approximate surface area is 178 Å². The largest absolute Gasteiger partial charge is 0.462 e. The first-order chi connectivity index (χ1) is 13.1. The predicted octanol–water partition coefficient (Wildman–Crippen LogP) is 3.18. The van der Waals surface area contributed by atoms with Crippen molar-refractivity contribution in [3.8, 4) is 0 Å². The maximum atomic E-state index is 12.5. The van der Waals surface area contributed by atoms with E-state index in [1.54, 1.807) is 50.2 Å². The molecule has 0 unspecified atom stereocenters. The van der Waals surface area contributed by atoms with E-state index in [0.717, 1.165) is 19.7 Å². The van der Waals surface area contributed by atoms with Crippen molar-refractivity contribution in [3.63, 3.8) is 0 Å². The summed E-state index contributed by atoms with van der Waals surface area (Å²) in [5, 5.41) is 2.68. The van der Waals surface area contributed by atoms with Gasteiger partial charge in [0, 0.05) is 9.26 Å². The van der Waals surface area contributed by atoms with Crippen LogP contribution in [0.5, 0.6) is 0 Å². The lowest BCUT2D eigenvalue weighted by molar-refractivity contribution is -0.114. The molecule has 0 radical (unpaired) electrons. The SMILES string of the molecule is CCOC(=O)c1ccc(C)c(NC(=O)CN(c2ccc(I)cc2)S(C)(=O)=O)c1. The maximum absolute atomic E-state index is 12.5. The number of carbonyl (C=O) groups excluding carboxylic acids is 2. The van der Waals surface area contributed by atoms with Gasteiger partial charge in [0.1, 0.15) is 6.54 Å². The van der Waals surface area contributed by atoms with Crippen LogP contribution in [0, 0.1) is 10.5 Å². The van der Waals surface area contributed by atoms with Crippen molar-refractivity contribution >= 4 is 55.9 Å². The number of nitrogens with zero attached hydrogens (tertiary/aromatic N) is 1. The quantitative estimate of drug-likeness (QED) is 0.451. The number of hydrogen-bond donors (Lipinski definition) is 1. The van der Waals surface area contributed by atoms with Gasteiger partial charge in [-0.3, -0.25) is 9.10 Å². The Balaban J connectivity index is 2.22. The molecule has 0 atom stereocenters. The van der Waals surface area contributed by atoms with Crippen molar-refractivity contribution in [2.75, 3.05) is 29.0 Å². The van der Waals surface area contributed by atoms with Crippen LogP contribution in [-0.2, 0) is 19.6 Å². The fourth-order valence-electron chi connectivity index (χ4n) is 2.43. The number of aryl methyl sites for hydroxylation is 1. The molecule has 0 heterocycles. The zero-order valence-electron chi connectivity index (χ0n) is 15.7. The highest BCUT2D eigenvalue weighted by molar-refractivity contribution is 14.1. The summed E-state index contributed by atoms with van der Waals surface area (Å²) in [5.41, 5.74) is 1.86. The van der Waals surface area contributed by atoms with E-state index in [-0.39, 0.29) is 13.2 Å². The molecule has 0 aromatic heterocycles. The smallest absolute Gasteiger partial charge is 0.338 e. The van der Waals surface area contributed by atoms with Gasteiger partial charge in [0.05, 0.1) is 24.1 Å². The predicted molar refractivity (Wildman–Crippen MR) is 117 cm³/mol. The molecule has 150 valence electrons. The molecular formula is C19H21IN2O5S. The lowest BCUT2D eigenvalue weighted by atomic mass is 10.1.